The number of hydrogen-bond donors (Lipinski definition) is 2. The van der Waals surface area contributed by atoms with E-state index < -0.39 is 0 Å². The van der Waals surface area contributed by atoms with Gasteiger partial charge in [-0.1, -0.05) is 13.8 Å². The molecule has 0 atom stereocenters. The molecule has 21 heavy (non-hydrogen) atoms. The lowest BCUT2D eigenvalue weighted by Gasteiger charge is -2.37. The summed E-state index contributed by atoms with van der Waals surface area (Å²) in [7, 11) is 0. The zero-order chi connectivity index (χ0) is 14.9. The summed E-state index contributed by atoms with van der Waals surface area (Å²) >= 11 is 0. The molecule has 0 spiro atoms. The van der Waals surface area contributed by atoms with E-state index in [9.17, 15) is 0 Å². The lowest BCUT2D eigenvalue weighted by Crippen LogP contribution is -2.38. The fourth-order valence-electron chi connectivity index (χ4n) is 2.93. The van der Waals surface area contributed by atoms with Crippen molar-refractivity contribution >= 4 is 17.8 Å². The molecule has 1 aromatic heterocycles. The molecule has 0 aliphatic carbocycles. The van der Waals surface area contributed by atoms with E-state index in [0.29, 0.717) is 11.4 Å². The van der Waals surface area contributed by atoms with Gasteiger partial charge in [0.05, 0.1) is 0 Å². The van der Waals surface area contributed by atoms with Crippen LogP contribution < -0.4 is 21.1 Å². The first-order valence-electron chi connectivity index (χ1n) is 7.80. The van der Waals surface area contributed by atoms with Crippen LogP contribution in [0.2, 0.25) is 0 Å². The molecule has 0 aromatic carbocycles. The van der Waals surface area contributed by atoms with Crippen LogP contribution in [0, 0.1) is 5.41 Å². The summed E-state index contributed by atoms with van der Waals surface area (Å²) in [6.45, 7) is 8.64. The third kappa shape index (κ3) is 3.18. The van der Waals surface area contributed by atoms with E-state index in [1.165, 1.54) is 12.8 Å². The number of rotatable bonds is 3. The van der Waals surface area contributed by atoms with Crippen molar-refractivity contribution in [2.45, 2.75) is 39.5 Å². The van der Waals surface area contributed by atoms with Crippen molar-refractivity contribution in [3.8, 4) is 0 Å². The number of aromatic nitrogens is 3. The molecule has 7 nitrogen and oxygen atoms in total. The minimum Gasteiger partial charge on any atom is -0.341 e. The van der Waals surface area contributed by atoms with Crippen LogP contribution in [-0.4, -0.2) is 41.1 Å². The Bertz CT molecular complexity index is 486. The monoisotopic (exact) mass is 291 g/mol. The first kappa shape index (κ1) is 14.3. The van der Waals surface area contributed by atoms with Crippen LogP contribution in [0.3, 0.4) is 0 Å². The van der Waals surface area contributed by atoms with Crippen molar-refractivity contribution in [3.05, 3.63) is 0 Å². The fourth-order valence-corrected chi connectivity index (χ4v) is 2.93. The number of hydrogen-bond acceptors (Lipinski definition) is 7. The molecule has 2 saturated heterocycles. The Balaban J connectivity index is 1.82. The maximum absolute atomic E-state index is 5.52. The van der Waals surface area contributed by atoms with Gasteiger partial charge in [-0.2, -0.15) is 15.0 Å². The number of piperidine rings is 1. The van der Waals surface area contributed by atoms with Gasteiger partial charge in [-0.05, 0) is 31.1 Å². The van der Waals surface area contributed by atoms with Crippen molar-refractivity contribution in [2.24, 2.45) is 11.3 Å². The van der Waals surface area contributed by atoms with Crippen LogP contribution >= 0.6 is 0 Å². The first-order valence-corrected chi connectivity index (χ1v) is 7.80. The van der Waals surface area contributed by atoms with Gasteiger partial charge in [-0.15, -0.1) is 0 Å². The fraction of sp³-hybridized carbons (Fsp3) is 0.786. The molecule has 3 N–H and O–H groups in total. The summed E-state index contributed by atoms with van der Waals surface area (Å²) in [5.74, 6) is 7.46. The number of nitrogens with zero attached hydrogens (tertiary/aromatic N) is 5. The Morgan fingerprint density at radius 3 is 1.95 bits per heavy atom. The Morgan fingerprint density at radius 2 is 1.43 bits per heavy atom. The Hall–Kier alpha value is -1.63. The van der Waals surface area contributed by atoms with Gasteiger partial charge in [-0.25, -0.2) is 5.84 Å². The van der Waals surface area contributed by atoms with E-state index in [-0.39, 0.29) is 0 Å². The maximum Gasteiger partial charge on any atom is 0.243 e. The number of nitrogen functional groups attached to an aromatic ring is 1. The van der Waals surface area contributed by atoms with E-state index in [1.807, 2.05) is 0 Å². The van der Waals surface area contributed by atoms with Crippen LogP contribution in [0.15, 0.2) is 0 Å². The standard InChI is InChI=1S/C14H25N7/c1-14(2)5-9-21(10-6-14)13-17-11(19-15)16-12(18-13)20-7-3-4-8-20/h3-10,15H2,1-2H3,(H,16,17,18,19). The smallest absolute Gasteiger partial charge is 0.243 e. The predicted molar refractivity (Wildman–Crippen MR) is 84.3 cm³/mol. The quantitative estimate of drug-likeness (QED) is 0.643. The van der Waals surface area contributed by atoms with Gasteiger partial charge >= 0.3 is 0 Å². The van der Waals surface area contributed by atoms with E-state index in [4.69, 9.17) is 5.84 Å². The summed E-state index contributed by atoms with van der Waals surface area (Å²) in [5, 5.41) is 0. The SMILES string of the molecule is CC1(C)CCN(c2nc(NN)nc(N3CCCC3)n2)CC1. The molecule has 0 amide bonds. The van der Waals surface area contributed by atoms with Gasteiger partial charge in [0.2, 0.25) is 17.8 Å². The second kappa shape index (κ2) is 5.63. The topological polar surface area (TPSA) is 83.2 Å². The van der Waals surface area contributed by atoms with Gasteiger partial charge in [-0.3, -0.25) is 5.43 Å². The van der Waals surface area contributed by atoms with Crippen molar-refractivity contribution < 1.29 is 0 Å². The van der Waals surface area contributed by atoms with Crippen LogP contribution in [0.4, 0.5) is 17.8 Å². The Kier molecular flexibility index (Phi) is 3.84. The summed E-state index contributed by atoms with van der Waals surface area (Å²) in [6.07, 6.45) is 4.71. The Labute approximate surface area is 125 Å². The van der Waals surface area contributed by atoms with E-state index in [0.717, 1.165) is 50.9 Å². The van der Waals surface area contributed by atoms with Crippen molar-refractivity contribution in [1.82, 2.24) is 15.0 Å². The number of nitrogens with two attached hydrogens (primary N) is 1. The molecule has 7 heteroatoms. The summed E-state index contributed by atoms with van der Waals surface area (Å²) in [4.78, 5) is 18.0. The lowest BCUT2D eigenvalue weighted by molar-refractivity contribution is 0.278. The molecule has 2 fully saturated rings. The summed E-state index contributed by atoms with van der Waals surface area (Å²) < 4.78 is 0. The van der Waals surface area contributed by atoms with Gasteiger partial charge in [0.1, 0.15) is 0 Å². The molecule has 116 valence electrons. The number of hydrazine groups is 1. The Morgan fingerprint density at radius 1 is 0.905 bits per heavy atom. The molecule has 1 aromatic rings. The second-order valence-corrected chi connectivity index (χ2v) is 6.75. The molecule has 0 saturated carbocycles. The van der Waals surface area contributed by atoms with E-state index in [2.05, 4.69) is 44.0 Å². The number of anilines is 3. The second-order valence-electron chi connectivity index (χ2n) is 6.75. The highest BCUT2D eigenvalue weighted by molar-refractivity contribution is 5.45. The van der Waals surface area contributed by atoms with E-state index in [1.54, 1.807) is 0 Å². The zero-order valence-corrected chi connectivity index (χ0v) is 13.0. The average molecular weight is 291 g/mol. The van der Waals surface area contributed by atoms with Crippen molar-refractivity contribution in [3.63, 3.8) is 0 Å². The molecule has 0 radical (unpaired) electrons. The maximum atomic E-state index is 5.52. The van der Waals surface area contributed by atoms with Crippen molar-refractivity contribution in [1.29, 1.82) is 0 Å². The third-order valence-corrected chi connectivity index (χ3v) is 4.53. The highest BCUT2D eigenvalue weighted by Crippen LogP contribution is 2.31. The van der Waals surface area contributed by atoms with Crippen molar-refractivity contribution in [2.75, 3.05) is 41.4 Å². The molecular weight excluding hydrogens is 266 g/mol. The molecule has 2 aliphatic rings. The average Bonchev–Trinajstić information content (AvgIpc) is 3.01. The molecule has 2 aliphatic heterocycles. The number of nitrogens with one attached hydrogen (secondary N) is 1. The molecular formula is C14H25N7. The van der Waals surface area contributed by atoms with Crippen LogP contribution in [0.1, 0.15) is 39.5 Å². The summed E-state index contributed by atoms with van der Waals surface area (Å²) in [5.41, 5.74) is 2.98. The highest BCUT2D eigenvalue weighted by Gasteiger charge is 2.27. The third-order valence-electron chi connectivity index (χ3n) is 4.53. The minimum atomic E-state index is 0.413. The normalized spacial score (nSPS) is 21.7. The largest absolute Gasteiger partial charge is 0.341 e. The van der Waals surface area contributed by atoms with Crippen LogP contribution in [0.5, 0.6) is 0 Å². The van der Waals surface area contributed by atoms with Gasteiger partial charge in [0.15, 0.2) is 0 Å². The molecule has 3 heterocycles. The van der Waals surface area contributed by atoms with Crippen LogP contribution in [0.25, 0.3) is 0 Å². The minimum absolute atomic E-state index is 0.413. The lowest BCUT2D eigenvalue weighted by atomic mass is 9.83. The summed E-state index contributed by atoms with van der Waals surface area (Å²) in [6, 6.07) is 0. The van der Waals surface area contributed by atoms with Gasteiger partial charge < -0.3 is 9.80 Å². The van der Waals surface area contributed by atoms with Crippen LogP contribution in [-0.2, 0) is 0 Å². The molecule has 0 unspecified atom stereocenters. The molecule has 0 bridgehead atoms. The first-order chi connectivity index (χ1) is 10.1. The van der Waals surface area contributed by atoms with Gasteiger partial charge in [0, 0.05) is 26.2 Å². The molecule has 3 rings (SSSR count). The van der Waals surface area contributed by atoms with Gasteiger partial charge in [0.25, 0.3) is 0 Å². The zero-order valence-electron chi connectivity index (χ0n) is 13.0. The highest BCUT2D eigenvalue weighted by atomic mass is 15.4. The van der Waals surface area contributed by atoms with E-state index >= 15 is 0 Å². The predicted octanol–water partition coefficient (Wildman–Crippen LogP) is 1.38.